The van der Waals surface area contributed by atoms with Crippen LogP contribution in [-0.4, -0.2) is 29.2 Å². The van der Waals surface area contributed by atoms with Gasteiger partial charge in [0.25, 0.3) is 0 Å². The molecule has 0 saturated carbocycles. The number of fused-ring (bicyclic) bond motifs is 1. The molecule has 24 heavy (non-hydrogen) atoms. The second kappa shape index (κ2) is 6.33. The molecule has 126 valence electrons. The zero-order valence-corrected chi connectivity index (χ0v) is 13.8. The van der Waals surface area contributed by atoms with Crippen LogP contribution in [0.25, 0.3) is 11.0 Å². The van der Waals surface area contributed by atoms with Gasteiger partial charge in [0.2, 0.25) is 0 Å². The fourth-order valence-electron chi connectivity index (χ4n) is 2.55. The van der Waals surface area contributed by atoms with Gasteiger partial charge in [-0.25, -0.2) is 17.8 Å². The summed E-state index contributed by atoms with van der Waals surface area (Å²) in [5, 5.41) is 10.2. The predicted molar refractivity (Wildman–Crippen MR) is 89.7 cm³/mol. The number of hydrogen-bond donors (Lipinski definition) is 2. The summed E-state index contributed by atoms with van der Waals surface area (Å²) in [6.45, 7) is 1.56. The lowest BCUT2D eigenvalue weighted by Gasteiger charge is -2.12. The third kappa shape index (κ3) is 3.63. The number of aliphatic hydroxyl groups is 1. The summed E-state index contributed by atoms with van der Waals surface area (Å²) >= 11 is 0. The number of sulfone groups is 1. The van der Waals surface area contributed by atoms with Crippen LogP contribution in [0.4, 0.5) is 4.39 Å². The molecule has 0 saturated heterocycles. The number of halogens is 1. The largest absolute Gasteiger partial charge is 0.387 e. The fourth-order valence-corrected chi connectivity index (χ4v) is 3.90. The van der Waals surface area contributed by atoms with Gasteiger partial charge in [-0.1, -0.05) is 24.3 Å². The van der Waals surface area contributed by atoms with Gasteiger partial charge in [0, 0.05) is 0 Å². The zero-order chi connectivity index (χ0) is 17.3. The lowest BCUT2D eigenvalue weighted by Crippen LogP contribution is -2.17. The monoisotopic (exact) mass is 348 g/mol. The van der Waals surface area contributed by atoms with Gasteiger partial charge in [-0.2, -0.15) is 0 Å². The van der Waals surface area contributed by atoms with Crippen LogP contribution < -0.4 is 0 Å². The molecule has 2 N–H and O–H groups in total. The number of nitrogens with zero attached hydrogens (tertiary/aromatic N) is 1. The van der Waals surface area contributed by atoms with Crippen molar-refractivity contribution >= 4 is 20.9 Å². The van der Waals surface area contributed by atoms with Crippen molar-refractivity contribution in [1.82, 2.24) is 9.97 Å². The number of nitrogens with one attached hydrogen (secondary N) is 1. The highest BCUT2D eigenvalue weighted by Crippen LogP contribution is 2.20. The van der Waals surface area contributed by atoms with Crippen molar-refractivity contribution in [3.63, 3.8) is 0 Å². The fraction of sp³-hybridized carbons (Fsp3) is 0.235. The first-order chi connectivity index (χ1) is 11.3. The number of aromatic nitrogens is 2. The molecule has 2 aromatic carbocycles. The van der Waals surface area contributed by atoms with E-state index in [1.807, 2.05) is 18.2 Å². The number of para-hydroxylation sites is 2. The van der Waals surface area contributed by atoms with E-state index >= 15 is 0 Å². The Morgan fingerprint density at radius 1 is 1.25 bits per heavy atom. The number of hydrogen-bond acceptors (Lipinski definition) is 4. The Bertz CT molecular complexity index is 949. The van der Waals surface area contributed by atoms with E-state index in [1.165, 1.54) is 18.2 Å². The van der Waals surface area contributed by atoms with Crippen LogP contribution in [-0.2, 0) is 15.6 Å². The molecule has 1 atom stereocenters. The van der Waals surface area contributed by atoms with Gasteiger partial charge >= 0.3 is 0 Å². The molecule has 3 aromatic rings. The molecule has 0 aliphatic heterocycles. The van der Waals surface area contributed by atoms with E-state index in [-0.39, 0.29) is 5.75 Å². The van der Waals surface area contributed by atoms with Gasteiger partial charge in [0.1, 0.15) is 17.4 Å². The van der Waals surface area contributed by atoms with Crippen LogP contribution >= 0.6 is 0 Å². The first-order valence-electron chi connectivity index (χ1n) is 7.42. The second-order valence-electron chi connectivity index (χ2n) is 5.78. The molecule has 0 amide bonds. The first-order valence-corrected chi connectivity index (χ1v) is 9.24. The summed E-state index contributed by atoms with van der Waals surface area (Å²) in [5.74, 6) is -0.802. The minimum absolute atomic E-state index is 0.293. The number of aromatic amines is 1. The van der Waals surface area contributed by atoms with Gasteiger partial charge < -0.3 is 10.1 Å². The van der Waals surface area contributed by atoms with Crippen LogP contribution in [0, 0.1) is 12.7 Å². The molecule has 3 rings (SSSR count). The van der Waals surface area contributed by atoms with E-state index in [9.17, 15) is 17.9 Å². The van der Waals surface area contributed by atoms with Crippen molar-refractivity contribution in [1.29, 1.82) is 0 Å². The quantitative estimate of drug-likeness (QED) is 0.742. The molecule has 0 radical (unpaired) electrons. The number of H-pyrrole nitrogens is 1. The third-order valence-electron chi connectivity index (χ3n) is 3.77. The van der Waals surface area contributed by atoms with Crippen molar-refractivity contribution < 1.29 is 17.9 Å². The molecule has 0 bridgehead atoms. The summed E-state index contributed by atoms with van der Waals surface area (Å²) in [5.41, 5.74) is 2.19. The van der Waals surface area contributed by atoms with Crippen LogP contribution in [0.3, 0.4) is 0 Å². The molecule has 7 heteroatoms. The molecule has 1 heterocycles. The lowest BCUT2D eigenvalue weighted by molar-refractivity contribution is 0.201. The standard InChI is InChI=1S/C17H17FN2O3S/c1-11-8-12(6-7-13(11)18)16(21)9-24(22,23)10-17-19-14-4-2-3-5-15(14)20-17/h2-8,16,21H,9-10H2,1H3,(H,19,20). The molecule has 0 spiro atoms. The van der Waals surface area contributed by atoms with E-state index < -0.39 is 27.5 Å². The SMILES string of the molecule is Cc1cc(C(O)CS(=O)(=O)Cc2nc3ccccc3[nH]2)ccc1F. The molecule has 5 nitrogen and oxygen atoms in total. The van der Waals surface area contributed by atoms with E-state index in [1.54, 1.807) is 13.0 Å². The third-order valence-corrected chi connectivity index (χ3v) is 5.31. The van der Waals surface area contributed by atoms with Crippen molar-refractivity contribution in [3.05, 3.63) is 65.2 Å². The average Bonchev–Trinajstić information content (AvgIpc) is 2.90. The topological polar surface area (TPSA) is 83.0 Å². The first kappa shape index (κ1) is 16.6. The minimum Gasteiger partial charge on any atom is -0.387 e. The molecule has 1 unspecified atom stereocenters. The Morgan fingerprint density at radius 3 is 2.71 bits per heavy atom. The van der Waals surface area contributed by atoms with Crippen molar-refractivity contribution in [2.24, 2.45) is 0 Å². The minimum atomic E-state index is -3.59. The van der Waals surface area contributed by atoms with E-state index in [0.717, 1.165) is 5.52 Å². The Labute approximate surface area is 139 Å². The van der Waals surface area contributed by atoms with Gasteiger partial charge in [0.05, 0.1) is 22.9 Å². The van der Waals surface area contributed by atoms with Crippen LogP contribution in [0.1, 0.15) is 23.1 Å². The summed E-state index contributed by atoms with van der Waals surface area (Å²) in [4.78, 5) is 7.20. The Kier molecular flexibility index (Phi) is 4.38. The Morgan fingerprint density at radius 2 is 2.00 bits per heavy atom. The van der Waals surface area contributed by atoms with Crippen LogP contribution in [0.5, 0.6) is 0 Å². The van der Waals surface area contributed by atoms with Crippen molar-refractivity contribution in [3.8, 4) is 0 Å². The Balaban J connectivity index is 1.76. The van der Waals surface area contributed by atoms with E-state index in [2.05, 4.69) is 9.97 Å². The van der Waals surface area contributed by atoms with Gasteiger partial charge in [-0.05, 0) is 36.2 Å². The second-order valence-corrected chi connectivity index (χ2v) is 7.89. The smallest absolute Gasteiger partial charge is 0.160 e. The normalized spacial score (nSPS) is 13.3. The summed E-state index contributed by atoms with van der Waals surface area (Å²) in [6.07, 6.45) is -1.21. The van der Waals surface area contributed by atoms with Crippen molar-refractivity contribution in [2.45, 2.75) is 18.8 Å². The van der Waals surface area contributed by atoms with Crippen molar-refractivity contribution in [2.75, 3.05) is 5.75 Å². The summed E-state index contributed by atoms with van der Waals surface area (Å²) < 4.78 is 37.9. The Hall–Kier alpha value is -2.25. The van der Waals surface area contributed by atoms with Crippen LogP contribution in [0.2, 0.25) is 0 Å². The van der Waals surface area contributed by atoms with E-state index in [4.69, 9.17) is 0 Å². The highest BCUT2D eigenvalue weighted by atomic mass is 32.2. The molecule has 0 aliphatic carbocycles. The zero-order valence-electron chi connectivity index (χ0n) is 13.0. The van der Waals surface area contributed by atoms with E-state index in [0.29, 0.717) is 22.5 Å². The van der Waals surface area contributed by atoms with Gasteiger partial charge in [-0.15, -0.1) is 0 Å². The number of benzene rings is 2. The van der Waals surface area contributed by atoms with Gasteiger partial charge in [-0.3, -0.25) is 0 Å². The number of rotatable bonds is 5. The molecular formula is C17H17FN2O3S. The van der Waals surface area contributed by atoms with Gasteiger partial charge in [0.15, 0.2) is 9.84 Å². The molecular weight excluding hydrogens is 331 g/mol. The molecule has 1 aromatic heterocycles. The summed E-state index contributed by atoms with van der Waals surface area (Å²) in [7, 11) is -3.59. The number of imidazole rings is 1. The maximum Gasteiger partial charge on any atom is 0.160 e. The van der Waals surface area contributed by atoms with Crippen LogP contribution in [0.15, 0.2) is 42.5 Å². The lowest BCUT2D eigenvalue weighted by atomic mass is 10.1. The summed E-state index contributed by atoms with van der Waals surface area (Å²) in [6, 6.07) is 11.3. The maximum absolute atomic E-state index is 13.3. The molecule has 0 fully saturated rings. The highest BCUT2D eigenvalue weighted by Gasteiger charge is 2.21. The average molecular weight is 348 g/mol. The molecule has 0 aliphatic rings. The predicted octanol–water partition coefficient (Wildman–Crippen LogP) is 2.66. The number of aryl methyl sites for hydroxylation is 1. The highest BCUT2D eigenvalue weighted by molar-refractivity contribution is 7.90. The number of aliphatic hydroxyl groups excluding tert-OH is 1. The maximum atomic E-state index is 13.3.